The first kappa shape index (κ1) is 6.11. The van der Waals surface area contributed by atoms with Gasteiger partial charge in [0.2, 0.25) is 6.79 Å². The van der Waals surface area contributed by atoms with E-state index in [1.807, 2.05) is 12.1 Å². The molecule has 0 fully saturated rings. The molecule has 0 N–H and O–H groups in total. The Morgan fingerprint density at radius 2 is 2.09 bits per heavy atom. The molecule has 0 saturated heterocycles. The van der Waals surface area contributed by atoms with E-state index in [1.165, 1.54) is 0 Å². The highest BCUT2D eigenvalue weighted by Gasteiger charge is 2.11. The molecule has 11 heavy (non-hydrogen) atoms. The van der Waals surface area contributed by atoms with Crippen LogP contribution < -0.4 is 9.47 Å². The Kier molecular flexibility index (Phi) is 1.23. The molecule has 1 aliphatic heterocycles. The Balaban J connectivity index is 2.51. The topological polar surface area (TPSA) is 18.5 Å². The van der Waals surface area contributed by atoms with Crippen molar-refractivity contribution in [2.24, 2.45) is 0 Å². The Labute approximate surface area is 64.7 Å². The Morgan fingerprint density at radius 1 is 1.27 bits per heavy atom. The zero-order chi connectivity index (χ0) is 7.68. The van der Waals surface area contributed by atoms with E-state index in [0.717, 1.165) is 17.1 Å². The monoisotopic (exact) mass is 146 g/mol. The third-order valence-corrected chi connectivity index (χ3v) is 1.54. The summed E-state index contributed by atoms with van der Waals surface area (Å²) in [7, 11) is 0. The maximum atomic E-state index is 5.20. The van der Waals surface area contributed by atoms with Crippen molar-refractivity contribution in [2.45, 2.75) is 0 Å². The minimum atomic E-state index is 0.295. The van der Waals surface area contributed by atoms with E-state index in [2.05, 4.69) is 5.92 Å². The smallest absolute Gasteiger partial charge is 0.231 e. The fraction of sp³-hybridized carbons (Fsp3) is 0.111. The highest BCUT2D eigenvalue weighted by Crippen LogP contribution is 2.31. The van der Waals surface area contributed by atoms with E-state index in [0.29, 0.717) is 6.79 Å². The van der Waals surface area contributed by atoms with E-state index in [-0.39, 0.29) is 0 Å². The first-order chi connectivity index (χ1) is 5.40. The van der Waals surface area contributed by atoms with Gasteiger partial charge in [0.25, 0.3) is 0 Å². The van der Waals surface area contributed by atoms with Crippen LogP contribution in [0.5, 0.6) is 11.5 Å². The van der Waals surface area contributed by atoms with Gasteiger partial charge in [-0.3, -0.25) is 0 Å². The van der Waals surface area contributed by atoms with E-state index < -0.39 is 0 Å². The van der Waals surface area contributed by atoms with Crippen LogP contribution in [-0.2, 0) is 0 Å². The Bertz CT molecular complexity index is 323. The lowest BCUT2D eigenvalue weighted by molar-refractivity contribution is 0.174. The predicted molar refractivity (Wildman–Crippen MR) is 40.5 cm³/mol. The van der Waals surface area contributed by atoms with Gasteiger partial charge in [0, 0.05) is 5.56 Å². The second kappa shape index (κ2) is 2.21. The summed E-state index contributed by atoms with van der Waals surface area (Å²) in [5.41, 5.74) is 0.814. The standard InChI is InChI=1S/C9H6O2/c1-2-7-3-4-8-9(5-7)11-6-10-8/h1,3-5H,6H2. The molecule has 0 radical (unpaired) electrons. The summed E-state index contributed by atoms with van der Waals surface area (Å²) in [4.78, 5) is 0. The minimum absolute atomic E-state index is 0.295. The Hall–Kier alpha value is -1.62. The number of rotatable bonds is 0. The van der Waals surface area contributed by atoms with Crippen LogP contribution in [0.3, 0.4) is 0 Å². The van der Waals surface area contributed by atoms with Crippen LogP contribution in [0.2, 0.25) is 0 Å². The highest BCUT2D eigenvalue weighted by atomic mass is 16.7. The van der Waals surface area contributed by atoms with Gasteiger partial charge in [0.05, 0.1) is 0 Å². The molecule has 1 aliphatic rings. The molecule has 0 amide bonds. The summed E-state index contributed by atoms with van der Waals surface area (Å²) in [6.07, 6.45) is 5.20. The summed E-state index contributed by atoms with van der Waals surface area (Å²) in [5.74, 6) is 4.03. The van der Waals surface area contributed by atoms with Gasteiger partial charge in [0.15, 0.2) is 11.5 Å². The zero-order valence-electron chi connectivity index (χ0n) is 5.83. The van der Waals surface area contributed by atoms with Gasteiger partial charge < -0.3 is 9.47 Å². The minimum Gasteiger partial charge on any atom is -0.454 e. The molecule has 1 aromatic rings. The summed E-state index contributed by atoms with van der Waals surface area (Å²) in [5, 5.41) is 0. The van der Waals surface area contributed by atoms with Crippen molar-refractivity contribution in [3.63, 3.8) is 0 Å². The largest absolute Gasteiger partial charge is 0.454 e. The van der Waals surface area contributed by atoms with Crippen LogP contribution in [0.1, 0.15) is 5.56 Å². The average molecular weight is 146 g/mol. The molecule has 0 saturated carbocycles. The van der Waals surface area contributed by atoms with Crippen molar-refractivity contribution in [2.75, 3.05) is 6.79 Å². The molecule has 54 valence electrons. The van der Waals surface area contributed by atoms with Crippen molar-refractivity contribution in [3.05, 3.63) is 23.8 Å². The number of hydrogen-bond donors (Lipinski definition) is 0. The second-order valence-electron chi connectivity index (χ2n) is 2.21. The second-order valence-corrected chi connectivity index (χ2v) is 2.21. The van der Waals surface area contributed by atoms with Crippen molar-refractivity contribution < 1.29 is 9.47 Å². The summed E-state index contributed by atoms with van der Waals surface area (Å²) < 4.78 is 10.2. The lowest BCUT2D eigenvalue weighted by Crippen LogP contribution is -1.92. The Morgan fingerprint density at radius 3 is 2.91 bits per heavy atom. The van der Waals surface area contributed by atoms with Crippen LogP contribution in [0.4, 0.5) is 0 Å². The zero-order valence-corrected chi connectivity index (χ0v) is 5.83. The van der Waals surface area contributed by atoms with Gasteiger partial charge in [0.1, 0.15) is 0 Å². The first-order valence-corrected chi connectivity index (χ1v) is 3.26. The van der Waals surface area contributed by atoms with Gasteiger partial charge in [-0.1, -0.05) is 5.92 Å². The highest BCUT2D eigenvalue weighted by molar-refractivity contribution is 5.48. The van der Waals surface area contributed by atoms with Crippen molar-refractivity contribution in [1.29, 1.82) is 0 Å². The average Bonchev–Trinajstić information content (AvgIpc) is 2.50. The van der Waals surface area contributed by atoms with Crippen LogP contribution in [0.25, 0.3) is 0 Å². The normalized spacial score (nSPS) is 12.6. The molecule has 2 heteroatoms. The predicted octanol–water partition coefficient (Wildman–Crippen LogP) is 1.40. The number of benzene rings is 1. The van der Waals surface area contributed by atoms with Gasteiger partial charge >= 0.3 is 0 Å². The first-order valence-electron chi connectivity index (χ1n) is 3.26. The molecular weight excluding hydrogens is 140 g/mol. The van der Waals surface area contributed by atoms with E-state index in [1.54, 1.807) is 6.07 Å². The van der Waals surface area contributed by atoms with Gasteiger partial charge in [-0.25, -0.2) is 0 Å². The van der Waals surface area contributed by atoms with Crippen molar-refractivity contribution >= 4 is 0 Å². The molecule has 0 spiro atoms. The van der Waals surface area contributed by atoms with Crippen LogP contribution >= 0.6 is 0 Å². The molecule has 1 aromatic carbocycles. The maximum absolute atomic E-state index is 5.20. The molecule has 0 bridgehead atoms. The summed E-state index contributed by atoms with van der Waals surface area (Å²) in [6.45, 7) is 0.295. The van der Waals surface area contributed by atoms with Crippen molar-refractivity contribution in [3.8, 4) is 23.8 Å². The van der Waals surface area contributed by atoms with Crippen LogP contribution in [0.15, 0.2) is 18.2 Å². The molecule has 0 aliphatic carbocycles. The SMILES string of the molecule is C#Cc1ccc2c(c1)OCO2. The number of hydrogen-bond acceptors (Lipinski definition) is 2. The van der Waals surface area contributed by atoms with Crippen LogP contribution in [0, 0.1) is 12.3 Å². The molecule has 2 nitrogen and oxygen atoms in total. The van der Waals surface area contributed by atoms with Gasteiger partial charge in [-0.2, -0.15) is 0 Å². The molecule has 1 heterocycles. The quantitative estimate of drug-likeness (QED) is 0.515. The number of fused-ring (bicyclic) bond motifs is 1. The fourth-order valence-electron chi connectivity index (χ4n) is 0.986. The molecular formula is C9H6O2. The van der Waals surface area contributed by atoms with E-state index in [9.17, 15) is 0 Å². The third-order valence-electron chi connectivity index (χ3n) is 1.54. The maximum Gasteiger partial charge on any atom is 0.231 e. The molecule has 0 aromatic heterocycles. The molecule has 0 atom stereocenters. The molecule has 0 unspecified atom stereocenters. The lowest BCUT2D eigenvalue weighted by Gasteiger charge is -1.94. The van der Waals surface area contributed by atoms with E-state index >= 15 is 0 Å². The number of terminal acetylenes is 1. The van der Waals surface area contributed by atoms with Crippen LogP contribution in [-0.4, -0.2) is 6.79 Å². The van der Waals surface area contributed by atoms with Gasteiger partial charge in [-0.15, -0.1) is 6.42 Å². The van der Waals surface area contributed by atoms with Gasteiger partial charge in [-0.05, 0) is 18.2 Å². The molecule has 2 rings (SSSR count). The summed E-state index contributed by atoms with van der Waals surface area (Å²) in [6, 6.07) is 5.44. The lowest BCUT2D eigenvalue weighted by atomic mass is 10.2. The fourth-order valence-corrected chi connectivity index (χ4v) is 0.986. The summed E-state index contributed by atoms with van der Waals surface area (Å²) >= 11 is 0. The van der Waals surface area contributed by atoms with Crippen molar-refractivity contribution in [1.82, 2.24) is 0 Å². The third kappa shape index (κ3) is 0.908. The number of ether oxygens (including phenoxy) is 2. The van der Waals surface area contributed by atoms with E-state index in [4.69, 9.17) is 15.9 Å².